The van der Waals surface area contributed by atoms with E-state index >= 15 is 0 Å². The Hall–Kier alpha value is -1.63. The van der Waals surface area contributed by atoms with Crippen LogP contribution in [0.1, 0.15) is 21.3 Å². The Morgan fingerprint density at radius 1 is 1.40 bits per heavy atom. The van der Waals surface area contributed by atoms with Crippen molar-refractivity contribution in [3.8, 4) is 5.75 Å². The molecule has 1 unspecified atom stereocenters. The van der Waals surface area contributed by atoms with Crippen molar-refractivity contribution in [2.75, 3.05) is 6.54 Å². The lowest BCUT2D eigenvalue weighted by atomic mass is 10.1. The Bertz CT molecular complexity index is 632. The third-order valence-electron chi connectivity index (χ3n) is 2.58. The summed E-state index contributed by atoms with van der Waals surface area (Å²) in [6.45, 7) is -0.0639. The number of carbonyl (C=O) groups excluding carboxylic acids is 1. The molecule has 0 aliphatic carbocycles. The highest BCUT2D eigenvalue weighted by atomic mass is 35.5. The average molecular weight is 316 g/mol. The Morgan fingerprint density at radius 2 is 2.15 bits per heavy atom. The molecule has 2 aromatic rings. The summed E-state index contributed by atoms with van der Waals surface area (Å²) < 4.78 is 13.6. The second kappa shape index (κ2) is 6.21. The highest BCUT2D eigenvalue weighted by Crippen LogP contribution is 2.26. The normalized spacial score (nSPS) is 12.2. The zero-order chi connectivity index (χ0) is 14.7. The number of amides is 1. The summed E-state index contributed by atoms with van der Waals surface area (Å²) in [6, 6.07) is 6.38. The topological polar surface area (TPSA) is 69.6 Å². The lowest BCUT2D eigenvalue weighted by Gasteiger charge is -2.11. The maximum Gasteiger partial charge on any atom is 0.255 e. The summed E-state index contributed by atoms with van der Waals surface area (Å²) in [5, 5.41) is 21.8. The molecule has 1 amide bonds. The van der Waals surface area contributed by atoms with Crippen molar-refractivity contribution in [1.82, 2.24) is 5.32 Å². The van der Waals surface area contributed by atoms with E-state index in [4.69, 9.17) is 11.6 Å². The summed E-state index contributed by atoms with van der Waals surface area (Å²) >= 11 is 6.95. The van der Waals surface area contributed by atoms with Gasteiger partial charge in [0.05, 0.1) is 9.90 Å². The van der Waals surface area contributed by atoms with E-state index in [0.717, 1.165) is 18.2 Å². The molecule has 0 fully saturated rings. The van der Waals surface area contributed by atoms with Gasteiger partial charge in [-0.2, -0.15) is 0 Å². The van der Waals surface area contributed by atoms with Crippen molar-refractivity contribution in [2.45, 2.75) is 6.10 Å². The maximum absolute atomic E-state index is 13.0. The Labute approximate surface area is 123 Å². The Balaban J connectivity index is 2.00. The fraction of sp³-hybridized carbons (Fsp3) is 0.154. The highest BCUT2D eigenvalue weighted by molar-refractivity contribution is 7.16. The summed E-state index contributed by atoms with van der Waals surface area (Å²) in [6.07, 6.45) is -0.910. The van der Waals surface area contributed by atoms with Crippen LogP contribution in [-0.4, -0.2) is 22.7 Å². The highest BCUT2D eigenvalue weighted by Gasteiger charge is 2.15. The minimum atomic E-state index is -0.910. The number of aromatic hydroxyl groups is 1. The van der Waals surface area contributed by atoms with Gasteiger partial charge in [0.15, 0.2) is 0 Å². The van der Waals surface area contributed by atoms with Crippen LogP contribution >= 0.6 is 22.9 Å². The molecule has 0 spiro atoms. The van der Waals surface area contributed by atoms with Crippen molar-refractivity contribution in [3.63, 3.8) is 0 Å². The third-order valence-corrected chi connectivity index (χ3v) is 3.91. The van der Waals surface area contributed by atoms with E-state index in [1.54, 1.807) is 12.1 Å². The number of carbonyl (C=O) groups is 1. The number of nitrogens with one attached hydrogen (secondary N) is 1. The summed E-state index contributed by atoms with van der Waals surface area (Å²) in [5.74, 6) is -1.61. The standard InChI is InChI=1S/C13H11ClFNO3S/c14-12-4-3-11(20-12)10(18)6-16-13(19)8-5-7(15)1-2-9(8)17/h1-5,10,17-18H,6H2,(H,16,19). The molecule has 4 nitrogen and oxygen atoms in total. The first-order valence-electron chi connectivity index (χ1n) is 5.67. The first-order chi connectivity index (χ1) is 9.47. The minimum absolute atomic E-state index is 0.0639. The van der Waals surface area contributed by atoms with Gasteiger partial charge in [-0.1, -0.05) is 11.6 Å². The van der Waals surface area contributed by atoms with Crippen molar-refractivity contribution >= 4 is 28.8 Å². The van der Waals surface area contributed by atoms with E-state index in [2.05, 4.69) is 5.32 Å². The molecule has 1 aromatic heterocycles. The fourth-order valence-electron chi connectivity index (χ4n) is 1.58. The van der Waals surface area contributed by atoms with Gasteiger partial charge in [0.1, 0.15) is 17.7 Å². The SMILES string of the molecule is O=C(NCC(O)c1ccc(Cl)s1)c1cc(F)ccc1O. The van der Waals surface area contributed by atoms with Crippen LogP contribution in [0.3, 0.4) is 0 Å². The molecule has 1 heterocycles. The number of rotatable bonds is 4. The quantitative estimate of drug-likeness (QED) is 0.812. The predicted molar refractivity (Wildman–Crippen MR) is 74.7 cm³/mol. The summed E-state index contributed by atoms with van der Waals surface area (Å²) in [5.41, 5.74) is -0.179. The fourth-order valence-corrected chi connectivity index (χ4v) is 2.63. The molecule has 0 aliphatic rings. The van der Waals surface area contributed by atoms with E-state index in [-0.39, 0.29) is 17.9 Å². The zero-order valence-electron chi connectivity index (χ0n) is 10.1. The number of hydrogen-bond donors (Lipinski definition) is 3. The number of phenols is 1. The van der Waals surface area contributed by atoms with Crippen LogP contribution in [0.5, 0.6) is 5.75 Å². The average Bonchev–Trinajstić information content (AvgIpc) is 2.85. The number of hydrogen-bond acceptors (Lipinski definition) is 4. The van der Waals surface area contributed by atoms with E-state index in [1.165, 1.54) is 11.3 Å². The minimum Gasteiger partial charge on any atom is -0.507 e. The predicted octanol–water partition coefficient (Wildman–Crippen LogP) is 2.71. The van der Waals surface area contributed by atoms with Gasteiger partial charge in [0.25, 0.3) is 5.91 Å². The smallest absolute Gasteiger partial charge is 0.255 e. The molecular weight excluding hydrogens is 305 g/mol. The third kappa shape index (κ3) is 3.47. The van der Waals surface area contributed by atoms with Gasteiger partial charge >= 0.3 is 0 Å². The number of phenolic OH excluding ortho intramolecular Hbond substituents is 1. The summed E-state index contributed by atoms with van der Waals surface area (Å²) in [4.78, 5) is 12.4. The van der Waals surface area contributed by atoms with Crippen LogP contribution in [0.25, 0.3) is 0 Å². The lowest BCUT2D eigenvalue weighted by molar-refractivity contribution is 0.0915. The Kier molecular flexibility index (Phi) is 4.59. The number of halogens is 2. The molecule has 0 saturated heterocycles. The first kappa shape index (κ1) is 14.8. The van der Waals surface area contributed by atoms with Crippen molar-refractivity contribution < 1.29 is 19.4 Å². The molecule has 7 heteroatoms. The molecular formula is C13H11ClFNO3S. The zero-order valence-corrected chi connectivity index (χ0v) is 11.7. The van der Waals surface area contributed by atoms with E-state index < -0.39 is 17.8 Å². The maximum atomic E-state index is 13.0. The lowest BCUT2D eigenvalue weighted by Crippen LogP contribution is -2.28. The molecule has 0 bridgehead atoms. The number of thiophene rings is 1. The Morgan fingerprint density at radius 3 is 2.80 bits per heavy atom. The van der Waals surface area contributed by atoms with Gasteiger partial charge in [-0.15, -0.1) is 11.3 Å². The van der Waals surface area contributed by atoms with Crippen LogP contribution in [-0.2, 0) is 0 Å². The molecule has 106 valence electrons. The molecule has 0 aliphatic heterocycles. The molecule has 0 radical (unpaired) electrons. The van der Waals surface area contributed by atoms with Gasteiger partial charge in [0.2, 0.25) is 0 Å². The van der Waals surface area contributed by atoms with E-state index in [0.29, 0.717) is 9.21 Å². The van der Waals surface area contributed by atoms with Crippen LogP contribution in [0.2, 0.25) is 4.34 Å². The molecule has 1 atom stereocenters. The number of aliphatic hydroxyl groups is 1. The number of aliphatic hydroxyl groups excluding tert-OH is 1. The van der Waals surface area contributed by atoms with E-state index in [9.17, 15) is 19.4 Å². The van der Waals surface area contributed by atoms with Gasteiger partial charge in [-0.25, -0.2) is 4.39 Å². The molecule has 20 heavy (non-hydrogen) atoms. The van der Waals surface area contributed by atoms with Crippen LogP contribution in [0, 0.1) is 5.82 Å². The van der Waals surface area contributed by atoms with Crippen LogP contribution in [0.4, 0.5) is 4.39 Å². The van der Waals surface area contributed by atoms with E-state index in [1.807, 2.05) is 0 Å². The number of benzene rings is 1. The largest absolute Gasteiger partial charge is 0.507 e. The monoisotopic (exact) mass is 315 g/mol. The second-order valence-corrected chi connectivity index (χ2v) is 5.78. The molecule has 2 rings (SSSR count). The van der Waals surface area contributed by atoms with Crippen molar-refractivity contribution in [2.24, 2.45) is 0 Å². The van der Waals surface area contributed by atoms with Gasteiger partial charge in [-0.3, -0.25) is 4.79 Å². The van der Waals surface area contributed by atoms with Gasteiger partial charge in [0, 0.05) is 11.4 Å². The van der Waals surface area contributed by atoms with Crippen LogP contribution in [0.15, 0.2) is 30.3 Å². The second-order valence-electron chi connectivity index (χ2n) is 4.03. The first-order valence-corrected chi connectivity index (χ1v) is 6.87. The molecule has 3 N–H and O–H groups in total. The van der Waals surface area contributed by atoms with Crippen LogP contribution < -0.4 is 5.32 Å². The van der Waals surface area contributed by atoms with Crippen molar-refractivity contribution in [1.29, 1.82) is 0 Å². The molecule has 1 aromatic carbocycles. The van der Waals surface area contributed by atoms with Crippen molar-refractivity contribution in [3.05, 3.63) is 50.9 Å². The van der Waals surface area contributed by atoms with Gasteiger partial charge in [-0.05, 0) is 30.3 Å². The summed E-state index contributed by atoms with van der Waals surface area (Å²) in [7, 11) is 0. The molecule has 0 saturated carbocycles. The van der Waals surface area contributed by atoms with Gasteiger partial charge < -0.3 is 15.5 Å².